The normalized spacial score (nSPS) is 17.8. The van der Waals surface area contributed by atoms with Crippen molar-refractivity contribution in [2.24, 2.45) is 5.18 Å². The van der Waals surface area contributed by atoms with Crippen molar-refractivity contribution in [1.82, 2.24) is 4.90 Å². The maximum atomic E-state index is 11.8. The van der Waals surface area contributed by atoms with Crippen molar-refractivity contribution >= 4 is 5.91 Å². The van der Waals surface area contributed by atoms with Gasteiger partial charge in [0.25, 0.3) is 5.91 Å². The van der Waals surface area contributed by atoms with Gasteiger partial charge in [-0.05, 0) is 35.4 Å². The first-order chi connectivity index (χ1) is 9.11. The molecule has 2 rings (SSSR count). The van der Waals surface area contributed by atoms with Crippen molar-refractivity contribution in [3.8, 4) is 0 Å². The summed E-state index contributed by atoms with van der Waals surface area (Å²) in [6, 6.07) is 7.59. The Balaban J connectivity index is 2.12. The number of hydrogen-bond donors (Lipinski definition) is 0. The lowest BCUT2D eigenvalue weighted by atomic mass is 9.91. The smallest absolute Gasteiger partial charge is 0.253 e. The van der Waals surface area contributed by atoms with Crippen molar-refractivity contribution in [2.45, 2.75) is 12.3 Å². The van der Waals surface area contributed by atoms with E-state index in [1.807, 2.05) is 36.4 Å². The first-order valence-corrected chi connectivity index (χ1v) is 6.15. The van der Waals surface area contributed by atoms with Gasteiger partial charge in [-0.2, -0.15) is 0 Å². The fourth-order valence-corrected chi connectivity index (χ4v) is 2.06. The Morgan fingerprint density at radius 3 is 2.42 bits per heavy atom. The molecule has 0 bridgehead atoms. The fourth-order valence-electron chi connectivity index (χ4n) is 2.06. The van der Waals surface area contributed by atoms with Gasteiger partial charge >= 0.3 is 0 Å². The molecule has 1 amide bonds. The van der Waals surface area contributed by atoms with Crippen molar-refractivity contribution < 1.29 is 4.79 Å². The van der Waals surface area contributed by atoms with Gasteiger partial charge < -0.3 is 4.90 Å². The van der Waals surface area contributed by atoms with E-state index in [4.69, 9.17) is 0 Å². The summed E-state index contributed by atoms with van der Waals surface area (Å²) in [5.41, 5.74) is 2.29. The molecule has 4 heteroatoms. The topological polar surface area (TPSA) is 49.7 Å². The Bertz CT molecular complexity index is 542. The van der Waals surface area contributed by atoms with Gasteiger partial charge in [0.2, 0.25) is 0 Å². The number of carbonyl (C=O) groups is 1. The minimum Gasteiger partial charge on any atom is -0.345 e. The second-order valence-corrected chi connectivity index (χ2v) is 4.74. The van der Waals surface area contributed by atoms with Gasteiger partial charge in [0.15, 0.2) is 0 Å². The average molecular weight is 256 g/mol. The molecule has 4 nitrogen and oxygen atoms in total. The van der Waals surface area contributed by atoms with E-state index in [2.05, 4.69) is 5.18 Å². The van der Waals surface area contributed by atoms with Crippen LogP contribution in [0.1, 0.15) is 28.3 Å². The van der Waals surface area contributed by atoms with Crippen LogP contribution in [0.25, 0.3) is 0 Å². The minimum absolute atomic E-state index is 0.00178. The lowest BCUT2D eigenvalue weighted by molar-refractivity contribution is 0.0827. The van der Waals surface area contributed by atoms with E-state index in [1.54, 1.807) is 25.1 Å². The highest BCUT2D eigenvalue weighted by Crippen LogP contribution is 2.27. The van der Waals surface area contributed by atoms with Crippen molar-refractivity contribution in [1.29, 1.82) is 0 Å². The van der Waals surface area contributed by atoms with Crippen LogP contribution in [0.4, 0.5) is 0 Å². The molecule has 0 saturated carbocycles. The van der Waals surface area contributed by atoms with Crippen molar-refractivity contribution in [3.63, 3.8) is 0 Å². The van der Waals surface area contributed by atoms with Gasteiger partial charge in [0.05, 0.1) is 0 Å². The highest BCUT2D eigenvalue weighted by molar-refractivity contribution is 5.93. The maximum Gasteiger partial charge on any atom is 0.253 e. The summed E-state index contributed by atoms with van der Waals surface area (Å²) < 4.78 is 0. The van der Waals surface area contributed by atoms with Gasteiger partial charge in [-0.15, -0.1) is 4.91 Å². The zero-order valence-electron chi connectivity index (χ0n) is 11.0. The first-order valence-electron chi connectivity index (χ1n) is 6.15. The molecule has 0 N–H and O–H groups in total. The molecule has 1 aromatic rings. The van der Waals surface area contributed by atoms with Crippen LogP contribution in [0.3, 0.4) is 0 Å². The van der Waals surface area contributed by atoms with Crippen LogP contribution in [-0.2, 0) is 0 Å². The SMILES string of the molecule is CN(C)C(=O)c1ccc(C2C=CC(N=O)=CC2)cc1. The van der Waals surface area contributed by atoms with E-state index in [0.717, 1.165) is 12.0 Å². The summed E-state index contributed by atoms with van der Waals surface area (Å²) >= 11 is 0. The lowest BCUT2D eigenvalue weighted by Gasteiger charge is -2.15. The molecule has 19 heavy (non-hydrogen) atoms. The monoisotopic (exact) mass is 256 g/mol. The third kappa shape index (κ3) is 2.96. The van der Waals surface area contributed by atoms with Gasteiger partial charge in [0.1, 0.15) is 5.70 Å². The van der Waals surface area contributed by atoms with Gasteiger partial charge in [-0.1, -0.05) is 24.3 Å². The third-order valence-electron chi connectivity index (χ3n) is 3.18. The molecule has 1 aromatic carbocycles. The van der Waals surface area contributed by atoms with Gasteiger partial charge in [0, 0.05) is 25.6 Å². The lowest BCUT2D eigenvalue weighted by Crippen LogP contribution is -2.21. The number of nitrogens with zero attached hydrogens (tertiary/aromatic N) is 2. The molecule has 0 saturated heterocycles. The number of allylic oxidation sites excluding steroid dienone is 3. The molecule has 1 unspecified atom stereocenters. The second-order valence-electron chi connectivity index (χ2n) is 4.74. The van der Waals surface area contributed by atoms with E-state index >= 15 is 0 Å². The summed E-state index contributed by atoms with van der Waals surface area (Å²) in [6.07, 6.45) is 6.30. The molecule has 0 aromatic heterocycles. The fraction of sp³-hybridized carbons (Fsp3) is 0.267. The Hall–Kier alpha value is -2.23. The quantitative estimate of drug-likeness (QED) is 0.780. The minimum atomic E-state index is -0.00178. The average Bonchev–Trinajstić information content (AvgIpc) is 2.46. The van der Waals surface area contributed by atoms with Crippen LogP contribution in [0.15, 0.2) is 53.4 Å². The molecule has 1 aliphatic carbocycles. The molecule has 0 spiro atoms. The van der Waals surface area contributed by atoms with E-state index in [1.165, 1.54) is 0 Å². The standard InChI is InChI=1S/C15H16N2O2/c1-17(2)15(18)13-5-3-11(4-6-13)12-7-9-14(16-19)10-8-12/h3-7,9-10,12H,8H2,1-2H3. The second kappa shape index (κ2) is 5.61. The van der Waals surface area contributed by atoms with Crippen LogP contribution >= 0.6 is 0 Å². The van der Waals surface area contributed by atoms with Crippen LogP contribution in [0, 0.1) is 4.91 Å². The Kier molecular flexibility index (Phi) is 3.90. The number of amides is 1. The Morgan fingerprint density at radius 2 is 1.95 bits per heavy atom. The summed E-state index contributed by atoms with van der Waals surface area (Å²) in [5.74, 6) is 0.243. The van der Waals surface area contributed by atoms with Crippen LogP contribution in [-0.4, -0.2) is 24.9 Å². The molecular formula is C15H16N2O2. The maximum absolute atomic E-state index is 11.8. The molecule has 0 fully saturated rings. The Morgan fingerprint density at radius 1 is 1.26 bits per heavy atom. The Labute approximate surface area is 112 Å². The van der Waals surface area contributed by atoms with E-state index in [-0.39, 0.29) is 11.8 Å². The van der Waals surface area contributed by atoms with Gasteiger partial charge in [-0.25, -0.2) is 0 Å². The van der Waals surface area contributed by atoms with E-state index in [0.29, 0.717) is 11.3 Å². The molecule has 0 aliphatic heterocycles. The highest BCUT2D eigenvalue weighted by atomic mass is 16.3. The highest BCUT2D eigenvalue weighted by Gasteiger charge is 2.13. The number of nitroso groups, excluding NO2 is 1. The summed E-state index contributed by atoms with van der Waals surface area (Å²) in [4.78, 5) is 23.7. The molecule has 0 radical (unpaired) electrons. The largest absolute Gasteiger partial charge is 0.345 e. The van der Waals surface area contributed by atoms with Crippen molar-refractivity contribution in [2.75, 3.05) is 14.1 Å². The van der Waals surface area contributed by atoms with E-state index < -0.39 is 0 Å². The van der Waals surface area contributed by atoms with Crippen LogP contribution < -0.4 is 0 Å². The summed E-state index contributed by atoms with van der Waals surface area (Å²) in [7, 11) is 3.47. The van der Waals surface area contributed by atoms with Gasteiger partial charge in [-0.3, -0.25) is 4.79 Å². The number of carbonyl (C=O) groups excluding carboxylic acids is 1. The third-order valence-corrected chi connectivity index (χ3v) is 3.18. The van der Waals surface area contributed by atoms with E-state index in [9.17, 15) is 9.70 Å². The van der Waals surface area contributed by atoms with Crippen LogP contribution in [0.2, 0.25) is 0 Å². The predicted molar refractivity (Wildman–Crippen MR) is 74.8 cm³/mol. The summed E-state index contributed by atoms with van der Waals surface area (Å²) in [6.45, 7) is 0. The predicted octanol–water partition coefficient (Wildman–Crippen LogP) is 3.08. The van der Waals surface area contributed by atoms with Crippen molar-refractivity contribution in [3.05, 3.63) is 64.2 Å². The number of benzene rings is 1. The number of rotatable bonds is 3. The molecule has 1 aliphatic rings. The zero-order valence-corrected chi connectivity index (χ0v) is 11.0. The molecular weight excluding hydrogens is 240 g/mol. The molecule has 1 atom stereocenters. The zero-order chi connectivity index (χ0) is 13.8. The molecule has 0 heterocycles. The molecule has 98 valence electrons. The summed E-state index contributed by atoms with van der Waals surface area (Å²) in [5, 5.41) is 2.91. The first kappa shape index (κ1) is 13.2. The van der Waals surface area contributed by atoms with Crippen LogP contribution in [0.5, 0.6) is 0 Å². The number of hydrogen-bond acceptors (Lipinski definition) is 3.